The zero-order chi connectivity index (χ0) is 20.5. The van der Waals surface area contributed by atoms with Gasteiger partial charge in [-0.25, -0.2) is 14.4 Å². The molecule has 10 heteroatoms. The molecule has 0 spiro atoms. The molecule has 5 nitrogen and oxygen atoms in total. The third-order valence-corrected chi connectivity index (χ3v) is 4.92. The van der Waals surface area contributed by atoms with Gasteiger partial charge in [0.25, 0.3) is 5.91 Å². The molecule has 0 fully saturated rings. The van der Waals surface area contributed by atoms with Gasteiger partial charge in [0.1, 0.15) is 10.2 Å². The van der Waals surface area contributed by atoms with Crippen molar-refractivity contribution in [3.8, 4) is 5.88 Å². The van der Waals surface area contributed by atoms with Gasteiger partial charge in [-0.3, -0.25) is 4.79 Å². The molecule has 0 aromatic carbocycles. The van der Waals surface area contributed by atoms with Crippen molar-refractivity contribution in [3.05, 3.63) is 51.4 Å². The summed E-state index contributed by atoms with van der Waals surface area (Å²) in [7, 11) is 0. The number of ether oxygens (including phenoxy) is 1. The molecule has 0 aliphatic carbocycles. The zero-order valence-corrected chi connectivity index (χ0v) is 16.3. The van der Waals surface area contributed by atoms with Crippen LogP contribution in [0.2, 0.25) is 10.2 Å². The Morgan fingerprint density at radius 2 is 2.11 bits per heavy atom. The number of carbonyl (C=O) groups is 1. The number of aromatic nitrogens is 2. The molecule has 1 aliphatic rings. The number of alkyl halides is 3. The van der Waals surface area contributed by atoms with E-state index in [0.29, 0.717) is 16.7 Å². The van der Waals surface area contributed by atoms with Crippen LogP contribution in [0.1, 0.15) is 34.8 Å². The Morgan fingerprint density at radius 1 is 1.36 bits per heavy atom. The van der Waals surface area contributed by atoms with Crippen LogP contribution in [0, 0.1) is 0 Å². The van der Waals surface area contributed by atoms with Crippen molar-refractivity contribution < 1.29 is 22.7 Å². The van der Waals surface area contributed by atoms with Crippen LogP contribution in [-0.2, 0) is 13.1 Å². The molecule has 2 aromatic heterocycles. The Kier molecular flexibility index (Phi) is 6.00. The van der Waals surface area contributed by atoms with Crippen molar-refractivity contribution in [1.29, 1.82) is 0 Å². The molecule has 0 bridgehead atoms. The predicted octanol–water partition coefficient (Wildman–Crippen LogP) is 4.70. The molecular formula is C18H16Cl2F3N3O2. The number of rotatable bonds is 7. The number of nitrogens with zero attached hydrogens (tertiary/aromatic N) is 3. The molecule has 1 atom stereocenters. The number of fused-ring (bicyclic) bond motifs is 1. The SMILES string of the molecule is CCC(F)C(F)(F)COc1ncc(CN2Cc3c(ccnc3Cl)C2=O)cc1Cl. The van der Waals surface area contributed by atoms with Gasteiger partial charge in [0.05, 0.1) is 6.54 Å². The molecule has 0 saturated carbocycles. The summed E-state index contributed by atoms with van der Waals surface area (Å²) in [6.07, 6.45) is 0.183. The number of pyridine rings is 2. The largest absolute Gasteiger partial charge is 0.470 e. The molecule has 3 heterocycles. The lowest BCUT2D eigenvalue weighted by molar-refractivity contribution is -0.102. The van der Waals surface area contributed by atoms with E-state index in [4.69, 9.17) is 27.9 Å². The third kappa shape index (κ3) is 4.17. The summed E-state index contributed by atoms with van der Waals surface area (Å²) in [5.41, 5.74) is 1.70. The van der Waals surface area contributed by atoms with Gasteiger partial charge in [-0.1, -0.05) is 30.1 Å². The fourth-order valence-corrected chi connectivity index (χ4v) is 3.27. The summed E-state index contributed by atoms with van der Waals surface area (Å²) >= 11 is 12.1. The van der Waals surface area contributed by atoms with Crippen LogP contribution in [0.4, 0.5) is 13.2 Å². The molecule has 28 heavy (non-hydrogen) atoms. The highest BCUT2D eigenvalue weighted by Crippen LogP contribution is 2.31. The van der Waals surface area contributed by atoms with Gasteiger partial charge in [-0.15, -0.1) is 0 Å². The zero-order valence-electron chi connectivity index (χ0n) is 14.8. The summed E-state index contributed by atoms with van der Waals surface area (Å²) in [5, 5.41) is 0.261. The van der Waals surface area contributed by atoms with Crippen LogP contribution in [0.5, 0.6) is 5.88 Å². The van der Waals surface area contributed by atoms with Crippen LogP contribution in [0.3, 0.4) is 0 Å². The molecule has 3 rings (SSSR count). The molecule has 1 unspecified atom stereocenters. The Morgan fingerprint density at radius 3 is 2.75 bits per heavy atom. The number of hydrogen-bond donors (Lipinski definition) is 0. The highest BCUT2D eigenvalue weighted by molar-refractivity contribution is 6.32. The Bertz CT molecular complexity index is 898. The van der Waals surface area contributed by atoms with E-state index in [1.807, 2.05) is 0 Å². The van der Waals surface area contributed by atoms with Crippen molar-refractivity contribution in [2.24, 2.45) is 0 Å². The van der Waals surface area contributed by atoms with E-state index in [1.54, 1.807) is 6.07 Å². The Labute approximate surface area is 169 Å². The van der Waals surface area contributed by atoms with Gasteiger partial charge in [-0.2, -0.15) is 8.78 Å². The first-order chi connectivity index (χ1) is 13.2. The number of carbonyl (C=O) groups excluding carboxylic acids is 1. The third-order valence-electron chi connectivity index (χ3n) is 4.33. The van der Waals surface area contributed by atoms with Gasteiger partial charge >= 0.3 is 5.92 Å². The first-order valence-corrected chi connectivity index (χ1v) is 9.20. The van der Waals surface area contributed by atoms with Crippen LogP contribution in [0.15, 0.2) is 24.5 Å². The van der Waals surface area contributed by atoms with Crippen LogP contribution in [0.25, 0.3) is 0 Å². The number of halogens is 5. The smallest absolute Gasteiger partial charge is 0.311 e. The van der Waals surface area contributed by atoms with Gasteiger partial charge in [0.15, 0.2) is 12.8 Å². The molecule has 0 saturated heterocycles. The molecule has 0 N–H and O–H groups in total. The summed E-state index contributed by atoms with van der Waals surface area (Å²) in [5.74, 6) is -4.07. The van der Waals surface area contributed by atoms with Gasteiger partial charge in [0.2, 0.25) is 5.88 Å². The normalized spacial score (nSPS) is 14.9. The predicted molar refractivity (Wildman–Crippen MR) is 97.7 cm³/mol. The maximum absolute atomic E-state index is 13.6. The van der Waals surface area contributed by atoms with Gasteiger partial charge in [0, 0.05) is 30.1 Å². The second-order valence-corrected chi connectivity index (χ2v) is 7.11. The average Bonchev–Trinajstić information content (AvgIpc) is 2.97. The monoisotopic (exact) mass is 433 g/mol. The topological polar surface area (TPSA) is 55.3 Å². The summed E-state index contributed by atoms with van der Waals surface area (Å²) in [6, 6.07) is 3.06. The molecule has 1 amide bonds. The second-order valence-electron chi connectivity index (χ2n) is 6.35. The lowest BCUT2D eigenvalue weighted by Crippen LogP contribution is -2.36. The van der Waals surface area contributed by atoms with Crippen LogP contribution >= 0.6 is 23.2 Å². The minimum atomic E-state index is -3.64. The second kappa shape index (κ2) is 8.13. The Hall–Kier alpha value is -2.06. The minimum absolute atomic E-state index is 0.0101. The van der Waals surface area contributed by atoms with Crippen molar-refractivity contribution >= 4 is 29.1 Å². The summed E-state index contributed by atoms with van der Waals surface area (Å²) < 4.78 is 45.3. The minimum Gasteiger partial charge on any atom is -0.470 e. The van der Waals surface area contributed by atoms with E-state index in [-0.39, 0.29) is 41.5 Å². The van der Waals surface area contributed by atoms with Gasteiger partial charge in [-0.05, 0) is 24.1 Å². The summed E-state index contributed by atoms with van der Waals surface area (Å²) in [6.45, 7) is 0.631. The van der Waals surface area contributed by atoms with E-state index in [9.17, 15) is 18.0 Å². The standard InChI is InChI=1S/C18H16Cl2F3N3O2/c1-2-14(21)18(22,23)9-28-16-13(19)5-10(6-25-16)7-26-8-12-11(17(26)27)3-4-24-15(12)20/h3-6,14H,2,7-9H2,1H3. The first kappa shape index (κ1) is 20.7. The van der Waals surface area contributed by atoms with E-state index in [0.717, 1.165) is 0 Å². The van der Waals surface area contributed by atoms with Crippen LogP contribution in [-0.4, -0.2) is 39.5 Å². The van der Waals surface area contributed by atoms with E-state index < -0.39 is 18.7 Å². The van der Waals surface area contributed by atoms with E-state index in [2.05, 4.69) is 9.97 Å². The first-order valence-electron chi connectivity index (χ1n) is 8.44. The van der Waals surface area contributed by atoms with Crippen molar-refractivity contribution in [2.75, 3.05) is 6.61 Å². The quantitative estimate of drug-likeness (QED) is 0.593. The highest BCUT2D eigenvalue weighted by Gasteiger charge is 2.40. The van der Waals surface area contributed by atoms with Crippen LogP contribution < -0.4 is 4.74 Å². The van der Waals surface area contributed by atoms with Crippen molar-refractivity contribution in [3.63, 3.8) is 0 Å². The lowest BCUT2D eigenvalue weighted by Gasteiger charge is -2.20. The number of hydrogen-bond acceptors (Lipinski definition) is 4. The average molecular weight is 434 g/mol. The highest BCUT2D eigenvalue weighted by atomic mass is 35.5. The maximum Gasteiger partial charge on any atom is 0.311 e. The van der Waals surface area contributed by atoms with E-state index >= 15 is 0 Å². The lowest BCUT2D eigenvalue weighted by atomic mass is 10.2. The van der Waals surface area contributed by atoms with Crippen molar-refractivity contribution in [2.45, 2.75) is 38.5 Å². The molecule has 0 radical (unpaired) electrons. The molecule has 1 aliphatic heterocycles. The fourth-order valence-electron chi connectivity index (χ4n) is 2.81. The maximum atomic E-state index is 13.6. The Balaban J connectivity index is 1.67. The summed E-state index contributed by atoms with van der Waals surface area (Å²) in [4.78, 5) is 21.9. The molecular weight excluding hydrogens is 418 g/mol. The van der Waals surface area contributed by atoms with E-state index in [1.165, 1.54) is 30.3 Å². The fraction of sp³-hybridized carbons (Fsp3) is 0.389. The van der Waals surface area contributed by atoms with Crippen molar-refractivity contribution in [1.82, 2.24) is 14.9 Å². The molecule has 2 aromatic rings. The number of amides is 1. The van der Waals surface area contributed by atoms with Gasteiger partial charge < -0.3 is 9.64 Å². The molecule has 150 valence electrons.